The van der Waals surface area contributed by atoms with Gasteiger partial charge in [0.2, 0.25) is 0 Å². The molecule has 0 radical (unpaired) electrons. The van der Waals surface area contributed by atoms with Gasteiger partial charge in [0.1, 0.15) is 0 Å². The van der Waals surface area contributed by atoms with Gasteiger partial charge in [-0.25, -0.2) is 0 Å². The molecule has 0 aromatic heterocycles. The third-order valence-corrected chi connectivity index (χ3v) is 5.57. The second-order valence-corrected chi connectivity index (χ2v) is 8.14. The number of hydrogen-bond donors (Lipinski definition) is 0. The lowest BCUT2D eigenvalue weighted by Crippen LogP contribution is -2.34. The van der Waals surface area contributed by atoms with Crippen LogP contribution in [0.3, 0.4) is 0 Å². The van der Waals surface area contributed by atoms with Gasteiger partial charge in [0, 0.05) is 6.54 Å². The Bertz CT molecular complexity index is 238. The summed E-state index contributed by atoms with van der Waals surface area (Å²) in [5, 5.41) is 0. The molecule has 0 aromatic carbocycles. The average Bonchev–Trinajstić information content (AvgIpc) is 2.55. The zero-order chi connectivity index (χ0) is 16.6. The second kappa shape index (κ2) is 15.5. The highest BCUT2D eigenvalue weighted by atomic mass is 15.1. The fraction of sp³-hybridized carbons (Fsp3) is 1.00. The van der Waals surface area contributed by atoms with E-state index in [1.165, 1.54) is 122 Å². The van der Waals surface area contributed by atoms with Crippen LogP contribution < -0.4 is 0 Å². The molecule has 0 N–H and O–H groups in total. The first-order valence-electron chi connectivity index (χ1n) is 11.0. The molecule has 0 amide bonds. The van der Waals surface area contributed by atoms with Gasteiger partial charge in [-0.1, -0.05) is 97.3 Å². The molecule has 1 heterocycles. The molecule has 0 bridgehead atoms. The minimum Gasteiger partial charge on any atom is -0.303 e. The Hall–Kier alpha value is -0.0400. The first-order chi connectivity index (χ1) is 11.3. The number of likely N-dealkylation sites (tertiary alicyclic amines) is 1. The van der Waals surface area contributed by atoms with Crippen LogP contribution in [0.4, 0.5) is 0 Å². The Morgan fingerprint density at radius 1 is 0.696 bits per heavy atom. The minimum absolute atomic E-state index is 0.940. The summed E-state index contributed by atoms with van der Waals surface area (Å²) in [5.74, 6) is 0.940. The van der Waals surface area contributed by atoms with Crippen molar-refractivity contribution in [3.8, 4) is 0 Å². The molecule has 1 heteroatoms. The summed E-state index contributed by atoms with van der Waals surface area (Å²) in [6.07, 6.45) is 23.4. The monoisotopic (exact) mass is 323 g/mol. The fourth-order valence-electron chi connectivity index (χ4n) is 4.02. The third-order valence-electron chi connectivity index (χ3n) is 5.57. The predicted molar refractivity (Wildman–Crippen MR) is 105 cm³/mol. The molecule has 1 aliphatic rings. The molecule has 1 aliphatic heterocycles. The van der Waals surface area contributed by atoms with Crippen LogP contribution in [-0.4, -0.2) is 24.5 Å². The van der Waals surface area contributed by atoms with Gasteiger partial charge in [0.25, 0.3) is 0 Å². The van der Waals surface area contributed by atoms with Gasteiger partial charge >= 0.3 is 0 Å². The van der Waals surface area contributed by atoms with Crippen molar-refractivity contribution in [1.82, 2.24) is 4.90 Å². The van der Waals surface area contributed by atoms with E-state index >= 15 is 0 Å². The number of rotatable bonds is 15. The molecule has 1 nitrogen and oxygen atoms in total. The Labute approximate surface area is 147 Å². The maximum Gasteiger partial charge on any atom is 0.000703 e. The normalized spacial score (nSPS) is 19.3. The van der Waals surface area contributed by atoms with Gasteiger partial charge in [-0.3, -0.25) is 0 Å². The molecule has 23 heavy (non-hydrogen) atoms. The molecule has 0 saturated carbocycles. The van der Waals surface area contributed by atoms with Crippen molar-refractivity contribution in [2.24, 2.45) is 5.92 Å². The van der Waals surface area contributed by atoms with Gasteiger partial charge < -0.3 is 4.90 Å². The Balaban J connectivity index is 1.71. The SMILES string of the molecule is CCCCCCCCCCCCCCCCN1CCCC(C)C1. The standard InChI is InChI=1S/C22H45N/c1-3-4-5-6-7-8-9-10-11-12-13-14-15-16-19-23-20-17-18-22(2)21-23/h22H,3-21H2,1-2H3. The predicted octanol–water partition coefficient (Wildman–Crippen LogP) is 7.20. The summed E-state index contributed by atoms with van der Waals surface area (Å²) >= 11 is 0. The van der Waals surface area contributed by atoms with Crippen LogP contribution in [0.2, 0.25) is 0 Å². The number of piperidine rings is 1. The van der Waals surface area contributed by atoms with Gasteiger partial charge in [-0.2, -0.15) is 0 Å². The first-order valence-corrected chi connectivity index (χ1v) is 11.0. The maximum absolute atomic E-state index is 2.70. The molecule has 138 valence electrons. The smallest absolute Gasteiger partial charge is 0.000703 e. The Morgan fingerprint density at radius 3 is 1.65 bits per heavy atom. The zero-order valence-electron chi connectivity index (χ0n) is 16.5. The van der Waals surface area contributed by atoms with Crippen LogP contribution in [0, 0.1) is 5.92 Å². The van der Waals surface area contributed by atoms with Crippen molar-refractivity contribution >= 4 is 0 Å². The quantitative estimate of drug-likeness (QED) is 0.288. The van der Waals surface area contributed by atoms with E-state index < -0.39 is 0 Å². The first kappa shape index (κ1) is 21.0. The van der Waals surface area contributed by atoms with E-state index in [1.54, 1.807) is 0 Å². The van der Waals surface area contributed by atoms with Crippen LogP contribution >= 0.6 is 0 Å². The highest BCUT2D eigenvalue weighted by molar-refractivity contribution is 4.69. The molecule has 1 fully saturated rings. The van der Waals surface area contributed by atoms with E-state index in [0.29, 0.717) is 0 Å². The summed E-state index contributed by atoms with van der Waals surface area (Å²) < 4.78 is 0. The van der Waals surface area contributed by atoms with Crippen molar-refractivity contribution in [2.75, 3.05) is 19.6 Å². The molecule has 1 atom stereocenters. The fourth-order valence-corrected chi connectivity index (χ4v) is 4.02. The average molecular weight is 324 g/mol. The highest BCUT2D eigenvalue weighted by Gasteiger charge is 2.14. The van der Waals surface area contributed by atoms with E-state index in [-0.39, 0.29) is 0 Å². The zero-order valence-corrected chi connectivity index (χ0v) is 16.5. The lowest BCUT2D eigenvalue weighted by Gasteiger charge is -2.30. The minimum atomic E-state index is 0.940. The number of hydrogen-bond acceptors (Lipinski definition) is 1. The van der Waals surface area contributed by atoms with Crippen LogP contribution in [0.25, 0.3) is 0 Å². The molecular formula is C22H45N. The molecule has 1 unspecified atom stereocenters. The van der Waals surface area contributed by atoms with Crippen molar-refractivity contribution < 1.29 is 0 Å². The molecule has 0 aliphatic carbocycles. The van der Waals surface area contributed by atoms with Crippen molar-refractivity contribution in [1.29, 1.82) is 0 Å². The lowest BCUT2D eigenvalue weighted by atomic mass is 10.00. The Kier molecular flexibility index (Phi) is 14.1. The Morgan fingerprint density at radius 2 is 1.17 bits per heavy atom. The molecule has 1 saturated heterocycles. The van der Waals surface area contributed by atoms with Crippen LogP contribution in [0.5, 0.6) is 0 Å². The summed E-state index contributed by atoms with van der Waals surface area (Å²) in [6, 6.07) is 0. The van der Waals surface area contributed by atoms with Crippen molar-refractivity contribution in [3.05, 3.63) is 0 Å². The maximum atomic E-state index is 2.70. The van der Waals surface area contributed by atoms with Crippen LogP contribution in [0.15, 0.2) is 0 Å². The third kappa shape index (κ3) is 13.0. The van der Waals surface area contributed by atoms with E-state index in [1.807, 2.05) is 0 Å². The number of nitrogens with zero attached hydrogens (tertiary/aromatic N) is 1. The van der Waals surface area contributed by atoms with Gasteiger partial charge in [0.05, 0.1) is 0 Å². The van der Waals surface area contributed by atoms with E-state index in [9.17, 15) is 0 Å². The molecule has 0 aromatic rings. The van der Waals surface area contributed by atoms with E-state index in [2.05, 4.69) is 18.7 Å². The second-order valence-electron chi connectivity index (χ2n) is 8.14. The van der Waals surface area contributed by atoms with Crippen molar-refractivity contribution in [2.45, 2.75) is 117 Å². The van der Waals surface area contributed by atoms with Gasteiger partial charge in [-0.05, 0) is 38.3 Å². The summed E-state index contributed by atoms with van der Waals surface area (Å²) in [6.45, 7) is 8.80. The van der Waals surface area contributed by atoms with E-state index in [4.69, 9.17) is 0 Å². The van der Waals surface area contributed by atoms with Gasteiger partial charge in [-0.15, -0.1) is 0 Å². The highest BCUT2D eigenvalue weighted by Crippen LogP contribution is 2.17. The van der Waals surface area contributed by atoms with Crippen LogP contribution in [0.1, 0.15) is 117 Å². The topological polar surface area (TPSA) is 3.24 Å². The van der Waals surface area contributed by atoms with Crippen molar-refractivity contribution in [3.63, 3.8) is 0 Å². The molecule has 1 rings (SSSR count). The largest absolute Gasteiger partial charge is 0.303 e. The summed E-state index contributed by atoms with van der Waals surface area (Å²) in [4.78, 5) is 2.70. The van der Waals surface area contributed by atoms with E-state index in [0.717, 1.165) is 5.92 Å². The summed E-state index contributed by atoms with van der Waals surface area (Å²) in [7, 11) is 0. The van der Waals surface area contributed by atoms with Crippen LogP contribution in [-0.2, 0) is 0 Å². The number of unbranched alkanes of at least 4 members (excludes halogenated alkanes) is 13. The lowest BCUT2D eigenvalue weighted by molar-refractivity contribution is 0.180. The van der Waals surface area contributed by atoms with Gasteiger partial charge in [0.15, 0.2) is 0 Å². The molecular weight excluding hydrogens is 278 g/mol. The summed E-state index contributed by atoms with van der Waals surface area (Å²) in [5.41, 5.74) is 0. The molecule has 0 spiro atoms.